The Hall–Kier alpha value is -1.91. The topological polar surface area (TPSA) is 55.6 Å². The Morgan fingerprint density at radius 3 is 2.60 bits per heavy atom. The quantitative estimate of drug-likeness (QED) is 0.928. The number of hydrogen-bond acceptors (Lipinski definition) is 4. The maximum absolute atomic E-state index is 4.74. The fraction of sp³-hybridized carbons (Fsp3) is 0.533. The number of nitrogens with zero attached hydrogens (tertiary/aromatic N) is 4. The van der Waals surface area contributed by atoms with Crippen molar-refractivity contribution < 1.29 is 0 Å². The molecule has 2 aromatic heterocycles. The van der Waals surface area contributed by atoms with Crippen LogP contribution >= 0.6 is 0 Å². The van der Waals surface area contributed by atoms with Gasteiger partial charge in [-0.05, 0) is 31.7 Å². The summed E-state index contributed by atoms with van der Waals surface area (Å²) < 4.78 is 1.87. The van der Waals surface area contributed by atoms with Crippen LogP contribution in [0.1, 0.15) is 55.6 Å². The molecule has 0 spiro atoms. The van der Waals surface area contributed by atoms with Crippen molar-refractivity contribution in [2.24, 2.45) is 0 Å². The van der Waals surface area contributed by atoms with Gasteiger partial charge in [0, 0.05) is 24.7 Å². The Morgan fingerprint density at radius 1 is 1.30 bits per heavy atom. The van der Waals surface area contributed by atoms with Crippen molar-refractivity contribution in [1.29, 1.82) is 0 Å². The van der Waals surface area contributed by atoms with Gasteiger partial charge in [-0.15, -0.1) is 0 Å². The molecule has 1 aliphatic carbocycles. The van der Waals surface area contributed by atoms with Gasteiger partial charge in [-0.1, -0.05) is 13.8 Å². The van der Waals surface area contributed by atoms with Crippen molar-refractivity contribution in [2.45, 2.75) is 45.4 Å². The van der Waals surface area contributed by atoms with Gasteiger partial charge < -0.3 is 5.32 Å². The molecule has 2 heterocycles. The van der Waals surface area contributed by atoms with E-state index in [1.165, 1.54) is 12.8 Å². The van der Waals surface area contributed by atoms with Gasteiger partial charge >= 0.3 is 0 Å². The van der Waals surface area contributed by atoms with Crippen molar-refractivity contribution in [1.82, 2.24) is 19.7 Å². The molecule has 1 N–H and O–H groups in total. The first kappa shape index (κ1) is 13.1. The molecular formula is C15H21N5. The standard InChI is InChI=1S/C15H21N5/c1-9(2)12-7-8-20(19-12)15-10(3)13(16-4)17-14(18-15)11-5-6-11/h7-9,11H,5-6H2,1-4H3,(H,16,17,18). The zero-order chi connectivity index (χ0) is 14.3. The summed E-state index contributed by atoms with van der Waals surface area (Å²) in [5.74, 6) is 3.68. The Balaban J connectivity index is 2.08. The van der Waals surface area contributed by atoms with Crippen LogP contribution in [0.2, 0.25) is 0 Å². The monoisotopic (exact) mass is 271 g/mol. The largest absolute Gasteiger partial charge is 0.373 e. The van der Waals surface area contributed by atoms with E-state index in [-0.39, 0.29) is 0 Å². The average molecular weight is 271 g/mol. The van der Waals surface area contributed by atoms with Gasteiger partial charge in [0.05, 0.1) is 5.69 Å². The van der Waals surface area contributed by atoms with E-state index in [0.29, 0.717) is 11.8 Å². The van der Waals surface area contributed by atoms with Gasteiger partial charge in [-0.25, -0.2) is 14.6 Å². The van der Waals surface area contributed by atoms with Gasteiger partial charge in [0.15, 0.2) is 5.82 Å². The SMILES string of the molecule is CNc1nc(C2CC2)nc(-n2ccc(C(C)C)n2)c1C. The third-order valence-corrected chi connectivity index (χ3v) is 3.73. The second kappa shape index (κ2) is 4.89. The summed E-state index contributed by atoms with van der Waals surface area (Å²) in [6.45, 7) is 6.33. The molecule has 3 rings (SSSR count). The summed E-state index contributed by atoms with van der Waals surface area (Å²) in [5.41, 5.74) is 2.12. The van der Waals surface area contributed by atoms with Crippen molar-refractivity contribution in [3.8, 4) is 5.82 Å². The number of hydrogen-bond donors (Lipinski definition) is 1. The lowest BCUT2D eigenvalue weighted by molar-refractivity contribution is 0.744. The van der Waals surface area contributed by atoms with E-state index in [0.717, 1.165) is 28.7 Å². The molecule has 5 nitrogen and oxygen atoms in total. The lowest BCUT2D eigenvalue weighted by Gasteiger charge is -2.12. The zero-order valence-electron chi connectivity index (χ0n) is 12.5. The van der Waals surface area contributed by atoms with Gasteiger partial charge in [0.1, 0.15) is 11.6 Å². The average Bonchev–Trinajstić information content (AvgIpc) is 3.16. The maximum Gasteiger partial charge on any atom is 0.162 e. The lowest BCUT2D eigenvalue weighted by Crippen LogP contribution is -2.10. The van der Waals surface area contributed by atoms with Gasteiger partial charge in [0.2, 0.25) is 0 Å². The molecule has 0 unspecified atom stereocenters. The fourth-order valence-electron chi connectivity index (χ4n) is 2.28. The molecule has 0 amide bonds. The molecule has 1 aliphatic rings. The maximum atomic E-state index is 4.74. The predicted octanol–water partition coefficient (Wildman–Crippen LogP) is 3.01. The molecule has 0 bridgehead atoms. The Morgan fingerprint density at radius 2 is 2.05 bits per heavy atom. The highest BCUT2D eigenvalue weighted by atomic mass is 15.3. The van der Waals surface area contributed by atoms with Crippen LogP contribution in [0, 0.1) is 6.92 Å². The summed E-state index contributed by atoms with van der Waals surface area (Å²) in [4.78, 5) is 9.35. The van der Waals surface area contributed by atoms with Gasteiger partial charge in [0.25, 0.3) is 0 Å². The van der Waals surface area contributed by atoms with E-state index in [9.17, 15) is 0 Å². The first-order chi connectivity index (χ1) is 9.60. The van der Waals surface area contributed by atoms with Crippen molar-refractivity contribution >= 4 is 5.82 Å². The Bertz CT molecular complexity index is 625. The van der Waals surface area contributed by atoms with Crippen LogP contribution in [0.3, 0.4) is 0 Å². The van der Waals surface area contributed by atoms with E-state index in [1.807, 2.05) is 24.9 Å². The minimum atomic E-state index is 0.421. The van der Waals surface area contributed by atoms with Crippen LogP contribution in [0.5, 0.6) is 0 Å². The van der Waals surface area contributed by atoms with Crippen LogP contribution in [0.4, 0.5) is 5.82 Å². The summed E-state index contributed by atoms with van der Waals surface area (Å²) >= 11 is 0. The molecule has 0 aromatic carbocycles. The molecule has 0 radical (unpaired) electrons. The van der Waals surface area contributed by atoms with Crippen molar-refractivity contribution in [2.75, 3.05) is 12.4 Å². The van der Waals surface area contributed by atoms with E-state index >= 15 is 0 Å². The van der Waals surface area contributed by atoms with E-state index in [2.05, 4.69) is 35.3 Å². The number of anilines is 1. The Labute approximate surface area is 119 Å². The molecule has 1 saturated carbocycles. The van der Waals surface area contributed by atoms with Crippen molar-refractivity contribution in [3.63, 3.8) is 0 Å². The molecular weight excluding hydrogens is 250 g/mol. The highest BCUT2D eigenvalue weighted by Crippen LogP contribution is 2.39. The highest BCUT2D eigenvalue weighted by molar-refractivity contribution is 5.51. The summed E-state index contributed by atoms with van der Waals surface area (Å²) in [6.07, 6.45) is 4.38. The van der Waals surface area contributed by atoms with Crippen LogP contribution in [-0.4, -0.2) is 26.8 Å². The molecule has 2 aromatic rings. The van der Waals surface area contributed by atoms with E-state index in [4.69, 9.17) is 4.98 Å². The van der Waals surface area contributed by atoms with Crippen molar-refractivity contribution in [3.05, 3.63) is 29.3 Å². The molecule has 20 heavy (non-hydrogen) atoms. The number of nitrogens with one attached hydrogen (secondary N) is 1. The number of rotatable bonds is 4. The minimum Gasteiger partial charge on any atom is -0.373 e. The van der Waals surface area contributed by atoms with E-state index < -0.39 is 0 Å². The van der Waals surface area contributed by atoms with Crippen LogP contribution < -0.4 is 5.32 Å². The summed E-state index contributed by atoms with van der Waals surface area (Å²) in [7, 11) is 1.90. The third-order valence-electron chi connectivity index (χ3n) is 3.73. The third kappa shape index (κ3) is 2.28. The lowest BCUT2D eigenvalue weighted by atomic mass is 10.1. The summed E-state index contributed by atoms with van der Waals surface area (Å²) in [6, 6.07) is 2.06. The van der Waals surface area contributed by atoms with Gasteiger partial charge in [-0.3, -0.25) is 0 Å². The van der Waals surface area contributed by atoms with Crippen LogP contribution in [0.25, 0.3) is 5.82 Å². The fourth-order valence-corrected chi connectivity index (χ4v) is 2.28. The first-order valence-electron chi connectivity index (χ1n) is 7.22. The Kier molecular flexibility index (Phi) is 3.20. The smallest absolute Gasteiger partial charge is 0.162 e. The molecule has 0 saturated heterocycles. The van der Waals surface area contributed by atoms with Gasteiger partial charge in [-0.2, -0.15) is 5.10 Å². The zero-order valence-corrected chi connectivity index (χ0v) is 12.5. The molecule has 0 atom stereocenters. The molecule has 1 fully saturated rings. The van der Waals surface area contributed by atoms with Crippen LogP contribution in [0.15, 0.2) is 12.3 Å². The molecule has 5 heteroatoms. The normalized spacial score (nSPS) is 14.8. The second-order valence-electron chi connectivity index (χ2n) is 5.74. The molecule has 0 aliphatic heterocycles. The first-order valence-corrected chi connectivity index (χ1v) is 7.22. The second-order valence-corrected chi connectivity index (χ2v) is 5.74. The summed E-state index contributed by atoms with van der Waals surface area (Å²) in [5, 5.41) is 7.80. The molecule has 106 valence electrons. The highest BCUT2D eigenvalue weighted by Gasteiger charge is 2.28. The van der Waals surface area contributed by atoms with Crippen LogP contribution in [-0.2, 0) is 0 Å². The number of aromatic nitrogens is 4. The minimum absolute atomic E-state index is 0.421. The van der Waals surface area contributed by atoms with E-state index in [1.54, 1.807) is 0 Å². The predicted molar refractivity (Wildman–Crippen MR) is 79.5 cm³/mol.